The summed E-state index contributed by atoms with van der Waals surface area (Å²) in [5.74, 6) is -0.473. The summed E-state index contributed by atoms with van der Waals surface area (Å²) in [5, 5.41) is 12.6. The van der Waals surface area contributed by atoms with E-state index in [0.29, 0.717) is 11.4 Å². The number of halogens is 2. The Morgan fingerprint density at radius 3 is 2.59 bits per heavy atom. The molecule has 0 aliphatic heterocycles. The van der Waals surface area contributed by atoms with Crippen LogP contribution in [0.1, 0.15) is 25.7 Å². The minimum absolute atomic E-state index is 0.0344. The number of benzene rings is 1. The van der Waals surface area contributed by atoms with Crippen LogP contribution in [-0.4, -0.2) is 17.3 Å². The molecule has 2 rings (SSSR count). The maximum Gasteiger partial charge on any atom is 0.143 e. The van der Waals surface area contributed by atoms with Gasteiger partial charge < -0.3 is 16.2 Å². The number of rotatable bonds is 2. The molecule has 1 aromatic rings. The van der Waals surface area contributed by atoms with E-state index >= 15 is 0 Å². The highest BCUT2D eigenvalue weighted by molar-refractivity contribution is 6.31. The van der Waals surface area contributed by atoms with Crippen molar-refractivity contribution in [2.45, 2.75) is 37.8 Å². The first-order chi connectivity index (χ1) is 8.06. The summed E-state index contributed by atoms with van der Waals surface area (Å²) in [6, 6.07) is 2.97. The van der Waals surface area contributed by atoms with Gasteiger partial charge in [0.2, 0.25) is 0 Å². The number of nitrogen functional groups attached to an aromatic ring is 1. The maximum absolute atomic E-state index is 13.3. The van der Waals surface area contributed by atoms with Crippen LogP contribution in [0.15, 0.2) is 12.1 Å². The van der Waals surface area contributed by atoms with Crippen molar-refractivity contribution in [3.05, 3.63) is 23.0 Å². The van der Waals surface area contributed by atoms with Crippen LogP contribution in [0.2, 0.25) is 5.02 Å². The van der Waals surface area contributed by atoms with Gasteiger partial charge in [0.25, 0.3) is 0 Å². The minimum Gasteiger partial charge on any atom is -0.397 e. The number of aliphatic hydroxyl groups excluding tert-OH is 1. The predicted molar refractivity (Wildman–Crippen MR) is 67.7 cm³/mol. The number of nitrogens with two attached hydrogens (primary N) is 1. The third-order valence-corrected chi connectivity index (χ3v) is 3.44. The van der Waals surface area contributed by atoms with Crippen LogP contribution >= 0.6 is 11.6 Å². The maximum atomic E-state index is 13.3. The molecular formula is C12H16ClFN2O. The van der Waals surface area contributed by atoms with Gasteiger partial charge in [0.1, 0.15) is 5.82 Å². The molecule has 1 saturated carbocycles. The molecule has 3 nitrogen and oxygen atoms in total. The normalized spacial score (nSPS) is 24.6. The molecule has 0 unspecified atom stereocenters. The number of nitrogens with one attached hydrogen (secondary N) is 1. The topological polar surface area (TPSA) is 58.3 Å². The second kappa shape index (κ2) is 5.10. The van der Waals surface area contributed by atoms with Gasteiger partial charge in [-0.3, -0.25) is 0 Å². The molecule has 0 heterocycles. The average Bonchev–Trinajstić information content (AvgIpc) is 2.29. The number of hydrogen-bond donors (Lipinski definition) is 3. The van der Waals surface area contributed by atoms with E-state index in [4.69, 9.17) is 17.3 Å². The van der Waals surface area contributed by atoms with Crippen LogP contribution in [0.25, 0.3) is 0 Å². The second-order valence-corrected chi connectivity index (χ2v) is 4.91. The summed E-state index contributed by atoms with van der Waals surface area (Å²) >= 11 is 5.63. The van der Waals surface area contributed by atoms with E-state index in [9.17, 15) is 9.50 Å². The number of aliphatic hydroxyl groups is 1. The van der Waals surface area contributed by atoms with Gasteiger partial charge in [0, 0.05) is 12.1 Å². The lowest BCUT2D eigenvalue weighted by atomic mass is 9.93. The highest BCUT2D eigenvalue weighted by Gasteiger charge is 2.20. The standard InChI is InChI=1S/C12H16ClFN2O/c13-9-5-11(15)12(6-10(9)14)16-7-1-3-8(17)4-2-7/h5-8,16-17H,1-4,15H2. The lowest BCUT2D eigenvalue weighted by Gasteiger charge is -2.27. The molecule has 0 saturated heterocycles. The van der Waals surface area contributed by atoms with Crippen LogP contribution < -0.4 is 11.1 Å². The van der Waals surface area contributed by atoms with E-state index < -0.39 is 5.82 Å². The van der Waals surface area contributed by atoms with E-state index in [1.165, 1.54) is 12.1 Å². The van der Waals surface area contributed by atoms with E-state index in [1.54, 1.807) is 0 Å². The zero-order valence-corrected chi connectivity index (χ0v) is 10.2. The van der Waals surface area contributed by atoms with Gasteiger partial charge in [-0.2, -0.15) is 0 Å². The Morgan fingerprint density at radius 1 is 1.29 bits per heavy atom. The molecule has 5 heteroatoms. The smallest absolute Gasteiger partial charge is 0.143 e. The quantitative estimate of drug-likeness (QED) is 0.715. The molecule has 1 fully saturated rings. The lowest BCUT2D eigenvalue weighted by molar-refractivity contribution is 0.126. The summed E-state index contributed by atoms with van der Waals surface area (Å²) in [5.41, 5.74) is 6.80. The van der Waals surface area contributed by atoms with Crippen molar-refractivity contribution in [2.24, 2.45) is 0 Å². The van der Waals surface area contributed by atoms with Crippen molar-refractivity contribution in [3.63, 3.8) is 0 Å². The monoisotopic (exact) mass is 258 g/mol. The van der Waals surface area contributed by atoms with Gasteiger partial charge in [0.15, 0.2) is 0 Å². The fraction of sp³-hybridized carbons (Fsp3) is 0.500. The second-order valence-electron chi connectivity index (χ2n) is 4.50. The summed E-state index contributed by atoms with van der Waals surface area (Å²) < 4.78 is 13.3. The fourth-order valence-corrected chi connectivity index (χ4v) is 2.30. The van der Waals surface area contributed by atoms with E-state index in [2.05, 4.69) is 5.32 Å². The van der Waals surface area contributed by atoms with Gasteiger partial charge in [-0.05, 0) is 31.7 Å². The average molecular weight is 259 g/mol. The molecule has 1 aliphatic carbocycles. The zero-order chi connectivity index (χ0) is 12.4. The lowest BCUT2D eigenvalue weighted by Crippen LogP contribution is -2.28. The fourth-order valence-electron chi connectivity index (χ4n) is 2.13. The Bertz CT molecular complexity index is 406. The van der Waals surface area contributed by atoms with Crippen LogP contribution in [0.5, 0.6) is 0 Å². The highest BCUT2D eigenvalue weighted by atomic mass is 35.5. The van der Waals surface area contributed by atoms with Crippen molar-refractivity contribution < 1.29 is 9.50 Å². The van der Waals surface area contributed by atoms with Gasteiger partial charge in [-0.1, -0.05) is 11.6 Å². The molecule has 17 heavy (non-hydrogen) atoms. The number of anilines is 2. The van der Waals surface area contributed by atoms with Crippen molar-refractivity contribution >= 4 is 23.0 Å². The van der Waals surface area contributed by atoms with Crippen LogP contribution in [0, 0.1) is 5.82 Å². The molecule has 0 radical (unpaired) electrons. The molecule has 94 valence electrons. The molecule has 0 bridgehead atoms. The summed E-state index contributed by atoms with van der Waals surface area (Å²) in [6.45, 7) is 0. The highest BCUT2D eigenvalue weighted by Crippen LogP contribution is 2.29. The molecule has 0 atom stereocenters. The third-order valence-electron chi connectivity index (χ3n) is 3.15. The Morgan fingerprint density at radius 2 is 1.94 bits per heavy atom. The minimum atomic E-state index is -0.473. The van der Waals surface area contributed by atoms with Crippen molar-refractivity contribution in [3.8, 4) is 0 Å². The molecular weight excluding hydrogens is 243 g/mol. The van der Waals surface area contributed by atoms with Gasteiger partial charge in [0.05, 0.1) is 22.5 Å². The zero-order valence-electron chi connectivity index (χ0n) is 9.42. The summed E-state index contributed by atoms with van der Waals surface area (Å²) in [7, 11) is 0. The van der Waals surface area contributed by atoms with Crippen molar-refractivity contribution in [1.29, 1.82) is 0 Å². The molecule has 0 amide bonds. The molecule has 1 aromatic carbocycles. The van der Waals surface area contributed by atoms with E-state index in [1.807, 2.05) is 0 Å². The van der Waals surface area contributed by atoms with Gasteiger partial charge in [-0.25, -0.2) is 4.39 Å². The third kappa shape index (κ3) is 3.01. The van der Waals surface area contributed by atoms with Crippen molar-refractivity contribution in [1.82, 2.24) is 0 Å². The van der Waals surface area contributed by atoms with Crippen LogP contribution in [0.3, 0.4) is 0 Å². The Labute approximate surface area is 105 Å². The first-order valence-corrected chi connectivity index (χ1v) is 6.13. The largest absolute Gasteiger partial charge is 0.397 e. The predicted octanol–water partition coefficient (Wildman–Crippen LogP) is 2.78. The van der Waals surface area contributed by atoms with E-state index in [-0.39, 0.29) is 17.2 Å². The van der Waals surface area contributed by atoms with Gasteiger partial charge in [-0.15, -0.1) is 0 Å². The first-order valence-electron chi connectivity index (χ1n) is 5.75. The Balaban J connectivity index is 2.06. The molecule has 0 spiro atoms. The Hall–Kier alpha value is -1.00. The van der Waals surface area contributed by atoms with Crippen LogP contribution in [-0.2, 0) is 0 Å². The molecule has 1 aliphatic rings. The Kier molecular flexibility index (Phi) is 3.74. The van der Waals surface area contributed by atoms with Gasteiger partial charge >= 0.3 is 0 Å². The SMILES string of the molecule is Nc1cc(Cl)c(F)cc1NC1CCC(O)CC1. The molecule has 0 aromatic heterocycles. The van der Waals surface area contributed by atoms with Crippen molar-refractivity contribution in [2.75, 3.05) is 11.1 Å². The summed E-state index contributed by atoms with van der Waals surface area (Å²) in [6.07, 6.45) is 3.07. The molecule has 4 N–H and O–H groups in total. The first kappa shape index (κ1) is 12.5. The summed E-state index contributed by atoms with van der Waals surface area (Å²) in [4.78, 5) is 0. The van der Waals surface area contributed by atoms with Crippen LogP contribution in [0.4, 0.5) is 15.8 Å². The number of hydrogen-bond acceptors (Lipinski definition) is 3. The van der Waals surface area contributed by atoms with E-state index in [0.717, 1.165) is 25.7 Å².